The van der Waals surface area contributed by atoms with Crippen LogP contribution in [-0.4, -0.2) is 21.4 Å². The molecule has 0 aromatic heterocycles. The van der Waals surface area contributed by atoms with Crippen LogP contribution in [0.4, 0.5) is 0 Å². The lowest BCUT2D eigenvalue weighted by Gasteiger charge is -2.30. The van der Waals surface area contributed by atoms with Crippen LogP contribution in [0.15, 0.2) is 59.7 Å². The molecule has 3 aromatic rings. The maximum atomic E-state index is 11.3. The molecule has 3 aromatic carbocycles. The number of phenols is 2. The first kappa shape index (κ1) is 32.2. The molecule has 4 heteroatoms. The van der Waals surface area contributed by atoms with E-state index in [1.54, 1.807) is 0 Å². The van der Waals surface area contributed by atoms with Crippen LogP contribution in [0.25, 0.3) is 0 Å². The molecule has 2 N–H and O–H groups in total. The van der Waals surface area contributed by atoms with Gasteiger partial charge in [-0.05, 0) is 84.9 Å². The Morgan fingerprint density at radius 1 is 0.561 bits per heavy atom. The molecule has 0 atom stereocenters. The van der Waals surface area contributed by atoms with Crippen molar-refractivity contribution in [2.24, 2.45) is 5.10 Å². The molecule has 4 nitrogen and oxygen atoms in total. The van der Waals surface area contributed by atoms with Gasteiger partial charge in [-0.2, -0.15) is 5.10 Å². The Kier molecular flexibility index (Phi) is 9.08. The van der Waals surface area contributed by atoms with Gasteiger partial charge in [0.15, 0.2) is 0 Å². The first-order chi connectivity index (χ1) is 18.7. The zero-order valence-corrected chi connectivity index (χ0v) is 27.5. The van der Waals surface area contributed by atoms with Gasteiger partial charge in [-0.1, -0.05) is 113 Å². The standard InChI is InChI=1S/C37H52N2O2/c1-34(2,3)28-18-26(19-29(32(28)40)35(4,5)6)23-39(38-22-25-16-14-13-15-17-25)24-27-20-30(36(7,8)9)33(41)31(21-27)37(10,11)12/h13-22,40-41H,23-24H2,1-12H3/b38-22+. The van der Waals surface area contributed by atoms with Gasteiger partial charge in [-0.25, -0.2) is 0 Å². The Morgan fingerprint density at radius 2 is 0.878 bits per heavy atom. The topological polar surface area (TPSA) is 56.1 Å². The van der Waals surface area contributed by atoms with Crippen molar-refractivity contribution in [3.05, 3.63) is 93.5 Å². The van der Waals surface area contributed by atoms with Gasteiger partial charge in [0.2, 0.25) is 0 Å². The third kappa shape index (κ3) is 8.15. The second-order valence-corrected chi connectivity index (χ2v) is 15.6. The lowest BCUT2D eigenvalue weighted by molar-refractivity contribution is 0.271. The van der Waals surface area contributed by atoms with Crippen LogP contribution in [0, 0.1) is 0 Å². The molecular weight excluding hydrogens is 504 g/mol. The minimum absolute atomic E-state index is 0.210. The summed E-state index contributed by atoms with van der Waals surface area (Å²) >= 11 is 0. The van der Waals surface area contributed by atoms with Gasteiger partial charge in [0.05, 0.1) is 19.3 Å². The van der Waals surface area contributed by atoms with Crippen LogP contribution in [-0.2, 0) is 34.7 Å². The maximum absolute atomic E-state index is 11.3. The molecule has 222 valence electrons. The Hall–Kier alpha value is -3.27. The number of hydrogen-bond donors (Lipinski definition) is 2. The van der Waals surface area contributed by atoms with Gasteiger partial charge in [0.25, 0.3) is 0 Å². The van der Waals surface area contributed by atoms with Crippen molar-refractivity contribution in [2.75, 3.05) is 0 Å². The summed E-state index contributed by atoms with van der Waals surface area (Å²) in [6.45, 7) is 26.8. The van der Waals surface area contributed by atoms with Crippen molar-refractivity contribution in [3.63, 3.8) is 0 Å². The lowest BCUT2D eigenvalue weighted by atomic mass is 9.78. The van der Waals surface area contributed by atoms with Crippen LogP contribution in [0.3, 0.4) is 0 Å². The third-order valence-electron chi connectivity index (χ3n) is 7.47. The fraction of sp³-hybridized carbons (Fsp3) is 0.486. The van der Waals surface area contributed by atoms with Gasteiger partial charge in [0.1, 0.15) is 11.5 Å². The molecule has 0 saturated carbocycles. The van der Waals surface area contributed by atoms with Gasteiger partial charge in [-0.3, -0.25) is 5.01 Å². The summed E-state index contributed by atoms with van der Waals surface area (Å²) in [5.41, 5.74) is 6.19. The van der Waals surface area contributed by atoms with E-state index in [4.69, 9.17) is 5.10 Å². The van der Waals surface area contributed by atoms with Crippen LogP contribution in [0.2, 0.25) is 0 Å². The fourth-order valence-electron chi connectivity index (χ4n) is 5.10. The Labute approximate surface area is 249 Å². The van der Waals surface area contributed by atoms with E-state index in [9.17, 15) is 10.2 Å². The highest BCUT2D eigenvalue weighted by molar-refractivity contribution is 5.79. The van der Waals surface area contributed by atoms with Crippen molar-refractivity contribution < 1.29 is 10.2 Å². The predicted molar refractivity (Wildman–Crippen MR) is 174 cm³/mol. The molecule has 0 aliphatic heterocycles. The largest absolute Gasteiger partial charge is 0.507 e. The second-order valence-electron chi connectivity index (χ2n) is 15.6. The number of hydrazone groups is 1. The molecular formula is C37H52N2O2. The van der Waals surface area contributed by atoms with Crippen molar-refractivity contribution in [1.82, 2.24) is 5.01 Å². The van der Waals surface area contributed by atoms with E-state index in [1.165, 1.54) is 0 Å². The van der Waals surface area contributed by atoms with Crippen LogP contribution < -0.4 is 0 Å². The van der Waals surface area contributed by atoms with Crippen molar-refractivity contribution in [2.45, 2.75) is 118 Å². The predicted octanol–water partition coefficient (Wildman–Crippen LogP) is 9.32. The third-order valence-corrected chi connectivity index (χ3v) is 7.47. The summed E-state index contributed by atoms with van der Waals surface area (Å²) in [5, 5.41) is 29.6. The zero-order chi connectivity index (χ0) is 31.0. The quantitative estimate of drug-likeness (QED) is 0.235. The summed E-state index contributed by atoms with van der Waals surface area (Å²) < 4.78 is 0. The fourth-order valence-corrected chi connectivity index (χ4v) is 5.10. The number of rotatable bonds is 6. The average Bonchev–Trinajstić information content (AvgIpc) is 2.82. The summed E-state index contributed by atoms with van der Waals surface area (Å²) in [6.07, 6.45) is 1.91. The zero-order valence-electron chi connectivity index (χ0n) is 27.5. The highest BCUT2D eigenvalue weighted by Gasteiger charge is 2.28. The van der Waals surface area contributed by atoms with Crippen LogP contribution in [0.1, 0.15) is 122 Å². The van der Waals surface area contributed by atoms with E-state index >= 15 is 0 Å². The Morgan fingerprint density at radius 3 is 1.17 bits per heavy atom. The van der Waals surface area contributed by atoms with Crippen LogP contribution >= 0.6 is 0 Å². The molecule has 0 heterocycles. The summed E-state index contributed by atoms with van der Waals surface area (Å²) in [4.78, 5) is 0. The van der Waals surface area contributed by atoms with Crippen LogP contribution in [0.5, 0.6) is 11.5 Å². The van der Waals surface area contributed by atoms with E-state index in [0.717, 1.165) is 38.9 Å². The van der Waals surface area contributed by atoms with E-state index in [0.29, 0.717) is 24.6 Å². The molecule has 0 radical (unpaired) electrons. The number of aromatic hydroxyl groups is 2. The lowest BCUT2D eigenvalue weighted by Crippen LogP contribution is -2.22. The highest BCUT2D eigenvalue weighted by atomic mass is 16.3. The smallest absolute Gasteiger partial charge is 0.123 e. The van der Waals surface area contributed by atoms with Crippen molar-refractivity contribution in [1.29, 1.82) is 0 Å². The molecule has 41 heavy (non-hydrogen) atoms. The first-order valence-electron chi connectivity index (χ1n) is 14.8. The molecule has 0 aliphatic rings. The van der Waals surface area contributed by atoms with Gasteiger partial charge in [0, 0.05) is 0 Å². The van der Waals surface area contributed by atoms with E-state index in [-0.39, 0.29) is 21.7 Å². The monoisotopic (exact) mass is 556 g/mol. The average molecular weight is 557 g/mol. The Bertz CT molecular complexity index is 1220. The Balaban J connectivity index is 2.16. The van der Waals surface area contributed by atoms with Gasteiger partial charge >= 0.3 is 0 Å². The highest BCUT2D eigenvalue weighted by Crippen LogP contribution is 2.41. The number of phenolic OH excluding ortho intramolecular Hbond substituents is 2. The molecule has 0 spiro atoms. The summed E-state index contributed by atoms with van der Waals surface area (Å²) in [5.74, 6) is 0.771. The molecule has 3 rings (SSSR count). The van der Waals surface area contributed by atoms with E-state index in [2.05, 4.69) is 112 Å². The minimum atomic E-state index is -0.210. The normalized spacial score (nSPS) is 13.2. The molecule has 0 unspecified atom stereocenters. The molecule has 0 aliphatic carbocycles. The second kappa shape index (κ2) is 11.5. The number of hydrogen-bond acceptors (Lipinski definition) is 4. The number of benzene rings is 3. The van der Waals surface area contributed by atoms with Crippen molar-refractivity contribution >= 4 is 6.21 Å². The van der Waals surface area contributed by atoms with Gasteiger partial charge < -0.3 is 10.2 Å². The van der Waals surface area contributed by atoms with Gasteiger partial charge in [-0.15, -0.1) is 0 Å². The summed E-state index contributed by atoms with van der Waals surface area (Å²) in [7, 11) is 0. The molecule has 0 bridgehead atoms. The molecule has 0 amide bonds. The molecule has 0 saturated heterocycles. The minimum Gasteiger partial charge on any atom is -0.507 e. The van der Waals surface area contributed by atoms with E-state index < -0.39 is 0 Å². The SMILES string of the molecule is CC(C)(C)c1cc(CN(Cc2cc(C(C)(C)C)c(O)c(C(C)(C)C)c2)/N=C/c2ccccc2)cc(C(C)(C)C)c1O. The maximum Gasteiger partial charge on any atom is 0.123 e. The number of nitrogens with zero attached hydrogens (tertiary/aromatic N) is 2. The van der Waals surface area contributed by atoms with E-state index in [1.807, 2.05) is 36.5 Å². The summed E-state index contributed by atoms with van der Waals surface area (Å²) in [6, 6.07) is 18.7. The first-order valence-corrected chi connectivity index (χ1v) is 14.8. The van der Waals surface area contributed by atoms with Crippen molar-refractivity contribution in [3.8, 4) is 11.5 Å². The molecule has 0 fully saturated rings.